The van der Waals surface area contributed by atoms with Gasteiger partial charge in [0.05, 0.1) is 11.4 Å². The molecule has 1 fully saturated rings. The third-order valence-electron chi connectivity index (χ3n) is 3.91. The SMILES string of the molecule is CC1(C)CCCC1C(=O)Nc1c(N)cc(Br)cc1Br. The summed E-state index contributed by atoms with van der Waals surface area (Å²) in [7, 11) is 0. The van der Waals surface area contributed by atoms with Crippen LogP contribution in [0.4, 0.5) is 11.4 Å². The highest BCUT2D eigenvalue weighted by molar-refractivity contribution is 9.11. The van der Waals surface area contributed by atoms with Crippen LogP contribution in [0.15, 0.2) is 21.1 Å². The van der Waals surface area contributed by atoms with Gasteiger partial charge in [-0.05, 0) is 46.3 Å². The van der Waals surface area contributed by atoms with Crippen molar-refractivity contribution in [1.29, 1.82) is 0 Å². The lowest BCUT2D eigenvalue weighted by Gasteiger charge is -2.26. The summed E-state index contributed by atoms with van der Waals surface area (Å²) in [6.45, 7) is 4.31. The summed E-state index contributed by atoms with van der Waals surface area (Å²) in [4.78, 5) is 12.4. The van der Waals surface area contributed by atoms with Crippen molar-refractivity contribution in [2.45, 2.75) is 33.1 Å². The average Bonchev–Trinajstić information content (AvgIpc) is 2.63. The number of benzene rings is 1. The Labute approximate surface area is 130 Å². The molecule has 0 spiro atoms. The Morgan fingerprint density at radius 1 is 1.42 bits per heavy atom. The van der Waals surface area contributed by atoms with Gasteiger partial charge in [-0.2, -0.15) is 0 Å². The van der Waals surface area contributed by atoms with Crippen LogP contribution in [-0.2, 0) is 4.79 Å². The van der Waals surface area contributed by atoms with Gasteiger partial charge in [0.1, 0.15) is 0 Å². The van der Waals surface area contributed by atoms with Crippen LogP contribution in [0.25, 0.3) is 0 Å². The predicted molar refractivity (Wildman–Crippen MR) is 86.0 cm³/mol. The van der Waals surface area contributed by atoms with Crippen molar-refractivity contribution >= 4 is 49.1 Å². The maximum Gasteiger partial charge on any atom is 0.228 e. The molecule has 0 aliphatic heterocycles. The number of hydrogen-bond donors (Lipinski definition) is 2. The number of anilines is 2. The predicted octanol–water partition coefficient (Wildman–Crippen LogP) is 4.56. The second kappa shape index (κ2) is 5.44. The Balaban J connectivity index is 2.20. The molecule has 1 unspecified atom stereocenters. The minimum absolute atomic E-state index is 0.0578. The highest BCUT2D eigenvalue weighted by Gasteiger charge is 2.39. The summed E-state index contributed by atoms with van der Waals surface area (Å²) >= 11 is 6.81. The Morgan fingerprint density at radius 2 is 2.11 bits per heavy atom. The Morgan fingerprint density at radius 3 is 2.63 bits per heavy atom. The van der Waals surface area contributed by atoms with Crippen LogP contribution in [0.2, 0.25) is 0 Å². The zero-order valence-electron chi connectivity index (χ0n) is 11.1. The minimum atomic E-state index is 0.0578. The molecule has 0 radical (unpaired) electrons. The molecule has 2 rings (SSSR count). The lowest BCUT2D eigenvalue weighted by Crippen LogP contribution is -2.31. The first-order valence-electron chi connectivity index (χ1n) is 6.36. The van der Waals surface area contributed by atoms with E-state index in [9.17, 15) is 4.79 Å². The first-order chi connectivity index (χ1) is 8.81. The van der Waals surface area contributed by atoms with Gasteiger partial charge in [0.2, 0.25) is 5.91 Å². The van der Waals surface area contributed by atoms with Crippen LogP contribution in [0.1, 0.15) is 33.1 Å². The Bertz CT molecular complexity index is 491. The Hall–Kier alpha value is -0.550. The van der Waals surface area contributed by atoms with E-state index >= 15 is 0 Å². The van der Waals surface area contributed by atoms with E-state index in [-0.39, 0.29) is 17.2 Å². The zero-order valence-corrected chi connectivity index (χ0v) is 14.3. The summed E-state index contributed by atoms with van der Waals surface area (Å²) < 4.78 is 1.68. The third-order valence-corrected chi connectivity index (χ3v) is 4.99. The number of nitrogen functional groups attached to an aromatic ring is 1. The second-order valence-corrected chi connectivity index (χ2v) is 7.54. The number of amides is 1. The van der Waals surface area contributed by atoms with E-state index in [1.54, 1.807) is 6.07 Å². The lowest BCUT2D eigenvalue weighted by atomic mass is 9.81. The lowest BCUT2D eigenvalue weighted by molar-refractivity contribution is -0.122. The molecular formula is C14H18Br2N2O. The molecule has 19 heavy (non-hydrogen) atoms. The van der Waals surface area contributed by atoms with Crippen molar-refractivity contribution < 1.29 is 4.79 Å². The van der Waals surface area contributed by atoms with Crippen LogP contribution in [0, 0.1) is 11.3 Å². The van der Waals surface area contributed by atoms with E-state index < -0.39 is 0 Å². The van der Waals surface area contributed by atoms with Gasteiger partial charge in [0.15, 0.2) is 0 Å². The standard InChI is InChI=1S/C14H18Br2N2O/c1-14(2)5-3-4-9(14)13(19)18-12-10(16)6-8(15)7-11(12)17/h6-7,9H,3-5,17H2,1-2H3,(H,18,19). The van der Waals surface area contributed by atoms with Crippen LogP contribution in [0.3, 0.4) is 0 Å². The van der Waals surface area contributed by atoms with Gasteiger partial charge in [-0.3, -0.25) is 4.79 Å². The van der Waals surface area contributed by atoms with Crippen LogP contribution in [-0.4, -0.2) is 5.91 Å². The van der Waals surface area contributed by atoms with Crippen molar-refractivity contribution in [2.24, 2.45) is 11.3 Å². The molecule has 1 saturated carbocycles. The molecule has 1 aromatic rings. The fraction of sp³-hybridized carbons (Fsp3) is 0.500. The van der Waals surface area contributed by atoms with Gasteiger partial charge in [-0.15, -0.1) is 0 Å². The van der Waals surface area contributed by atoms with Gasteiger partial charge < -0.3 is 11.1 Å². The summed E-state index contributed by atoms with van der Waals surface area (Å²) in [6.07, 6.45) is 3.16. The molecular weight excluding hydrogens is 372 g/mol. The molecule has 3 nitrogen and oxygen atoms in total. The van der Waals surface area contributed by atoms with Crippen molar-refractivity contribution in [3.63, 3.8) is 0 Å². The number of nitrogens with one attached hydrogen (secondary N) is 1. The van der Waals surface area contributed by atoms with Gasteiger partial charge >= 0.3 is 0 Å². The van der Waals surface area contributed by atoms with Gasteiger partial charge in [0.25, 0.3) is 0 Å². The minimum Gasteiger partial charge on any atom is -0.397 e. The van der Waals surface area contributed by atoms with Gasteiger partial charge in [-0.1, -0.05) is 36.2 Å². The maximum atomic E-state index is 12.4. The molecule has 0 saturated heterocycles. The Kier molecular flexibility index (Phi) is 4.26. The molecule has 1 amide bonds. The van der Waals surface area contributed by atoms with Gasteiger partial charge in [-0.25, -0.2) is 0 Å². The highest BCUT2D eigenvalue weighted by Crippen LogP contribution is 2.43. The fourth-order valence-electron chi connectivity index (χ4n) is 2.75. The summed E-state index contributed by atoms with van der Waals surface area (Å²) in [6, 6.07) is 3.67. The third kappa shape index (κ3) is 3.14. The molecule has 1 aromatic carbocycles. The van der Waals surface area contributed by atoms with E-state index in [2.05, 4.69) is 51.0 Å². The van der Waals surface area contributed by atoms with Crippen molar-refractivity contribution in [1.82, 2.24) is 0 Å². The topological polar surface area (TPSA) is 55.1 Å². The zero-order chi connectivity index (χ0) is 14.2. The molecule has 104 valence electrons. The normalized spacial score (nSPS) is 21.4. The molecule has 3 N–H and O–H groups in total. The number of carbonyl (C=O) groups is 1. The first-order valence-corrected chi connectivity index (χ1v) is 7.95. The number of hydrogen-bond acceptors (Lipinski definition) is 2. The number of rotatable bonds is 2. The van der Waals surface area contributed by atoms with Crippen LogP contribution < -0.4 is 11.1 Å². The molecule has 5 heteroatoms. The quantitative estimate of drug-likeness (QED) is 0.728. The summed E-state index contributed by atoms with van der Waals surface area (Å²) in [5, 5.41) is 2.97. The van der Waals surface area contributed by atoms with E-state index in [1.807, 2.05) is 6.07 Å². The van der Waals surface area contributed by atoms with E-state index in [1.165, 1.54) is 0 Å². The van der Waals surface area contributed by atoms with Gasteiger partial charge in [0, 0.05) is 14.9 Å². The summed E-state index contributed by atoms with van der Waals surface area (Å²) in [5.41, 5.74) is 7.26. The molecule has 1 aliphatic rings. The largest absolute Gasteiger partial charge is 0.397 e. The van der Waals surface area contributed by atoms with Crippen molar-refractivity contribution in [3.05, 3.63) is 21.1 Å². The van der Waals surface area contributed by atoms with Crippen LogP contribution in [0.5, 0.6) is 0 Å². The number of halogens is 2. The van der Waals surface area contributed by atoms with E-state index in [0.29, 0.717) is 11.4 Å². The second-order valence-electron chi connectivity index (χ2n) is 5.77. The average molecular weight is 390 g/mol. The first kappa shape index (κ1) is 14.9. The van der Waals surface area contributed by atoms with E-state index in [0.717, 1.165) is 28.2 Å². The molecule has 1 atom stereocenters. The van der Waals surface area contributed by atoms with Crippen molar-refractivity contribution in [2.75, 3.05) is 11.1 Å². The van der Waals surface area contributed by atoms with Crippen LogP contribution >= 0.6 is 31.9 Å². The van der Waals surface area contributed by atoms with E-state index in [4.69, 9.17) is 5.73 Å². The monoisotopic (exact) mass is 388 g/mol. The highest BCUT2D eigenvalue weighted by atomic mass is 79.9. The molecule has 0 heterocycles. The molecule has 0 aromatic heterocycles. The smallest absolute Gasteiger partial charge is 0.228 e. The van der Waals surface area contributed by atoms with Crippen molar-refractivity contribution in [3.8, 4) is 0 Å². The number of nitrogens with two attached hydrogens (primary N) is 1. The maximum absolute atomic E-state index is 12.4. The fourth-order valence-corrected chi connectivity index (χ4v) is 4.11. The molecule has 1 aliphatic carbocycles. The summed E-state index contributed by atoms with van der Waals surface area (Å²) in [5.74, 6) is 0.125. The number of carbonyl (C=O) groups excluding carboxylic acids is 1. The molecule has 0 bridgehead atoms.